The Morgan fingerprint density at radius 2 is 1.59 bits per heavy atom. The zero-order chi connectivity index (χ0) is 25.3. The molecule has 0 unspecified atom stereocenters. The molecule has 8 heteroatoms. The van der Waals surface area contributed by atoms with Crippen LogP contribution in [-0.4, -0.2) is 38.2 Å². The molecule has 1 heterocycles. The quantitative estimate of drug-likeness (QED) is 0.587. The summed E-state index contributed by atoms with van der Waals surface area (Å²) in [6.45, 7) is 9.18. The average Bonchev–Trinajstić information content (AvgIpc) is 3.16. The first-order valence-electron chi connectivity index (χ1n) is 11.8. The number of aliphatic carboxylic acids is 1. The summed E-state index contributed by atoms with van der Waals surface area (Å²) in [5, 5.41) is 19.3. The lowest BCUT2D eigenvalue weighted by molar-refractivity contribution is -0.146. The van der Waals surface area contributed by atoms with E-state index in [0.717, 1.165) is 37.1 Å². The SMILES string of the molecule is Cn1nc(C(C)(C)C)cc1C(=O)Nc1ccc(C2CCC(C(=O)NC(C)(C)C(=O)O)CC2)cc1. The van der Waals surface area contributed by atoms with E-state index >= 15 is 0 Å². The Kier molecular flexibility index (Phi) is 7.19. The van der Waals surface area contributed by atoms with E-state index in [1.165, 1.54) is 19.4 Å². The second-order valence-corrected chi connectivity index (χ2v) is 10.8. The molecule has 34 heavy (non-hydrogen) atoms. The van der Waals surface area contributed by atoms with Crippen molar-refractivity contribution in [1.29, 1.82) is 0 Å². The highest BCUT2D eigenvalue weighted by Crippen LogP contribution is 2.36. The summed E-state index contributed by atoms with van der Waals surface area (Å²) in [6.07, 6.45) is 3.17. The van der Waals surface area contributed by atoms with Gasteiger partial charge in [0.1, 0.15) is 11.2 Å². The fraction of sp³-hybridized carbons (Fsp3) is 0.538. The largest absolute Gasteiger partial charge is 0.480 e. The van der Waals surface area contributed by atoms with Crippen LogP contribution in [0, 0.1) is 5.92 Å². The first kappa shape index (κ1) is 25.5. The molecule has 1 saturated carbocycles. The number of anilines is 1. The van der Waals surface area contributed by atoms with Crippen LogP contribution in [0.2, 0.25) is 0 Å². The van der Waals surface area contributed by atoms with Gasteiger partial charge in [0.2, 0.25) is 5.91 Å². The van der Waals surface area contributed by atoms with Gasteiger partial charge in [-0.15, -0.1) is 0 Å². The van der Waals surface area contributed by atoms with Gasteiger partial charge in [-0.1, -0.05) is 32.9 Å². The van der Waals surface area contributed by atoms with Crippen molar-refractivity contribution in [2.45, 2.75) is 77.2 Å². The molecule has 1 aromatic carbocycles. The van der Waals surface area contributed by atoms with Gasteiger partial charge in [0.25, 0.3) is 5.91 Å². The van der Waals surface area contributed by atoms with Crippen molar-refractivity contribution in [3.05, 3.63) is 47.3 Å². The minimum absolute atomic E-state index is 0.135. The van der Waals surface area contributed by atoms with Gasteiger partial charge in [0, 0.05) is 24.1 Å². The number of hydrogen-bond acceptors (Lipinski definition) is 4. The van der Waals surface area contributed by atoms with Gasteiger partial charge in [0.05, 0.1) is 5.69 Å². The van der Waals surface area contributed by atoms with Crippen molar-refractivity contribution in [1.82, 2.24) is 15.1 Å². The van der Waals surface area contributed by atoms with E-state index in [1.807, 2.05) is 30.3 Å². The summed E-state index contributed by atoms with van der Waals surface area (Å²) >= 11 is 0. The number of carboxylic acids is 1. The van der Waals surface area contributed by atoms with Gasteiger partial charge >= 0.3 is 5.97 Å². The zero-order valence-electron chi connectivity index (χ0n) is 20.9. The Morgan fingerprint density at radius 3 is 2.09 bits per heavy atom. The molecule has 184 valence electrons. The van der Waals surface area contributed by atoms with Crippen LogP contribution in [0.5, 0.6) is 0 Å². The molecule has 2 amide bonds. The van der Waals surface area contributed by atoms with E-state index in [2.05, 4.69) is 36.5 Å². The number of nitrogens with zero attached hydrogens (tertiary/aromatic N) is 2. The molecule has 0 saturated heterocycles. The van der Waals surface area contributed by atoms with Crippen molar-refractivity contribution in [3.63, 3.8) is 0 Å². The van der Waals surface area contributed by atoms with Crippen molar-refractivity contribution in [2.24, 2.45) is 13.0 Å². The van der Waals surface area contributed by atoms with Crippen LogP contribution in [0.1, 0.15) is 88.0 Å². The van der Waals surface area contributed by atoms with Crippen molar-refractivity contribution >= 4 is 23.5 Å². The van der Waals surface area contributed by atoms with Gasteiger partial charge in [0.15, 0.2) is 0 Å². The fourth-order valence-corrected chi connectivity index (χ4v) is 4.23. The number of amides is 2. The Hall–Kier alpha value is -3.16. The number of rotatable bonds is 6. The Morgan fingerprint density at radius 1 is 1.00 bits per heavy atom. The Bertz CT molecular complexity index is 1060. The molecule has 0 radical (unpaired) electrons. The number of carboxylic acid groups (broad SMARTS) is 1. The molecule has 0 aliphatic heterocycles. The third kappa shape index (κ3) is 5.85. The normalized spacial score (nSPS) is 18.9. The summed E-state index contributed by atoms with van der Waals surface area (Å²) in [5.41, 5.74) is 1.87. The van der Waals surface area contributed by atoms with E-state index in [9.17, 15) is 19.5 Å². The Balaban J connectivity index is 1.57. The van der Waals surface area contributed by atoms with Crippen LogP contribution in [0.3, 0.4) is 0 Å². The third-order valence-electron chi connectivity index (χ3n) is 6.59. The maximum atomic E-state index is 12.8. The summed E-state index contributed by atoms with van der Waals surface area (Å²) < 4.78 is 1.61. The number of aryl methyl sites for hydroxylation is 1. The first-order valence-corrected chi connectivity index (χ1v) is 11.8. The highest BCUT2D eigenvalue weighted by Gasteiger charge is 2.34. The lowest BCUT2D eigenvalue weighted by Gasteiger charge is -2.30. The fourth-order valence-electron chi connectivity index (χ4n) is 4.23. The first-order chi connectivity index (χ1) is 15.8. The second kappa shape index (κ2) is 9.60. The molecular formula is C26H36N4O4. The summed E-state index contributed by atoms with van der Waals surface area (Å²) in [7, 11) is 1.77. The lowest BCUT2D eigenvalue weighted by atomic mass is 9.78. The van der Waals surface area contributed by atoms with Crippen LogP contribution in [-0.2, 0) is 22.1 Å². The summed E-state index contributed by atoms with van der Waals surface area (Å²) in [6, 6.07) is 9.69. The van der Waals surface area contributed by atoms with Crippen LogP contribution in [0.4, 0.5) is 5.69 Å². The number of hydrogen-bond donors (Lipinski definition) is 3. The maximum Gasteiger partial charge on any atom is 0.328 e. The Labute approximate surface area is 201 Å². The molecule has 3 N–H and O–H groups in total. The molecule has 1 aliphatic carbocycles. The highest BCUT2D eigenvalue weighted by molar-refractivity contribution is 6.03. The minimum Gasteiger partial charge on any atom is -0.480 e. The predicted octanol–water partition coefficient (Wildman–Crippen LogP) is 4.22. The maximum absolute atomic E-state index is 12.8. The molecule has 1 aromatic heterocycles. The number of carbonyl (C=O) groups is 3. The number of benzene rings is 1. The van der Waals surface area contributed by atoms with Gasteiger partial charge in [-0.3, -0.25) is 14.3 Å². The van der Waals surface area contributed by atoms with Crippen molar-refractivity contribution in [3.8, 4) is 0 Å². The second-order valence-electron chi connectivity index (χ2n) is 10.8. The topological polar surface area (TPSA) is 113 Å². The number of carbonyl (C=O) groups excluding carboxylic acids is 2. The molecule has 2 aromatic rings. The molecule has 8 nitrogen and oxygen atoms in total. The molecule has 1 aliphatic rings. The van der Waals surface area contributed by atoms with E-state index in [1.54, 1.807) is 11.7 Å². The van der Waals surface area contributed by atoms with E-state index < -0.39 is 11.5 Å². The average molecular weight is 469 g/mol. The van der Waals surface area contributed by atoms with Crippen LogP contribution in [0.25, 0.3) is 0 Å². The van der Waals surface area contributed by atoms with Gasteiger partial charge in [-0.05, 0) is 69.2 Å². The monoisotopic (exact) mass is 468 g/mol. The van der Waals surface area contributed by atoms with Crippen molar-refractivity contribution < 1.29 is 19.5 Å². The zero-order valence-corrected chi connectivity index (χ0v) is 20.9. The van der Waals surface area contributed by atoms with Crippen LogP contribution < -0.4 is 10.6 Å². The molecule has 0 atom stereocenters. The summed E-state index contributed by atoms with van der Waals surface area (Å²) in [5.74, 6) is -1.25. The molecule has 0 bridgehead atoms. The van der Waals surface area contributed by atoms with Crippen molar-refractivity contribution in [2.75, 3.05) is 5.32 Å². The van der Waals surface area contributed by atoms with Crippen LogP contribution >= 0.6 is 0 Å². The van der Waals surface area contributed by atoms with E-state index in [4.69, 9.17) is 0 Å². The third-order valence-corrected chi connectivity index (χ3v) is 6.59. The summed E-state index contributed by atoms with van der Waals surface area (Å²) in [4.78, 5) is 36.5. The molecule has 1 fully saturated rings. The van der Waals surface area contributed by atoms with Gasteiger partial charge in [-0.2, -0.15) is 5.10 Å². The standard InChI is InChI=1S/C26H36N4O4/c1-25(2,3)21-15-20(30(6)29-21)23(32)27-19-13-11-17(12-14-19)16-7-9-18(10-8-16)22(31)28-26(4,5)24(33)34/h11-16,18H,7-10H2,1-6H3,(H,27,32)(H,28,31)(H,33,34). The molecular weight excluding hydrogens is 432 g/mol. The van der Waals surface area contributed by atoms with Gasteiger partial charge < -0.3 is 15.7 Å². The minimum atomic E-state index is -1.27. The van der Waals surface area contributed by atoms with E-state index in [-0.39, 0.29) is 23.1 Å². The van der Waals surface area contributed by atoms with Crippen LogP contribution in [0.15, 0.2) is 30.3 Å². The number of aromatic nitrogens is 2. The predicted molar refractivity (Wildman–Crippen MR) is 131 cm³/mol. The highest BCUT2D eigenvalue weighted by atomic mass is 16.4. The van der Waals surface area contributed by atoms with Gasteiger partial charge in [-0.25, -0.2) is 4.79 Å². The molecule has 0 spiro atoms. The number of nitrogens with one attached hydrogen (secondary N) is 2. The smallest absolute Gasteiger partial charge is 0.328 e. The lowest BCUT2D eigenvalue weighted by Crippen LogP contribution is -2.51. The molecule has 3 rings (SSSR count). The van der Waals surface area contributed by atoms with E-state index in [0.29, 0.717) is 11.6 Å².